The van der Waals surface area contributed by atoms with Gasteiger partial charge < -0.3 is 5.11 Å². The summed E-state index contributed by atoms with van der Waals surface area (Å²) in [5.41, 5.74) is 0.415. The number of aliphatic hydroxyl groups is 1. The molecule has 1 aromatic rings. The number of nitrogens with zero attached hydrogens (tertiary/aromatic N) is 3. The van der Waals surface area contributed by atoms with Crippen molar-refractivity contribution in [3.05, 3.63) is 24.3 Å². The summed E-state index contributed by atoms with van der Waals surface area (Å²) in [5, 5.41) is 9.13. The Morgan fingerprint density at radius 1 is 1.53 bits per heavy atom. The van der Waals surface area contributed by atoms with Crippen LogP contribution in [0, 0.1) is 5.92 Å². The van der Waals surface area contributed by atoms with E-state index in [2.05, 4.69) is 14.9 Å². The second-order valence-electron chi connectivity index (χ2n) is 4.44. The lowest BCUT2D eigenvalue weighted by atomic mass is 9.99. The van der Waals surface area contributed by atoms with Gasteiger partial charge in [0.2, 0.25) is 0 Å². The van der Waals surface area contributed by atoms with Crippen LogP contribution in [0.15, 0.2) is 18.6 Å². The molecule has 0 aromatic carbocycles. The van der Waals surface area contributed by atoms with Gasteiger partial charge in [-0.05, 0) is 25.3 Å². The highest BCUT2D eigenvalue weighted by Gasteiger charge is 2.21. The third-order valence-electron chi connectivity index (χ3n) is 3.08. The summed E-state index contributed by atoms with van der Waals surface area (Å²) in [5.74, 6) is 0.301. The molecule has 1 N–H and O–H groups in total. The number of rotatable bonds is 4. The van der Waals surface area contributed by atoms with Crippen molar-refractivity contribution in [2.24, 2.45) is 5.92 Å². The van der Waals surface area contributed by atoms with Crippen LogP contribution in [-0.4, -0.2) is 52.0 Å². The van der Waals surface area contributed by atoms with Gasteiger partial charge in [0.05, 0.1) is 12.7 Å². The van der Waals surface area contributed by atoms with Crippen molar-refractivity contribution < 1.29 is 9.90 Å². The van der Waals surface area contributed by atoms with E-state index in [0.717, 1.165) is 25.9 Å². The first-order valence-electron chi connectivity index (χ1n) is 5.92. The average Bonchev–Trinajstić information content (AvgIpc) is 2.40. The number of aliphatic hydroxyl groups excluding tert-OH is 1. The predicted molar refractivity (Wildman–Crippen MR) is 62.6 cm³/mol. The Kier molecular flexibility index (Phi) is 4.17. The van der Waals surface area contributed by atoms with Crippen molar-refractivity contribution in [3.63, 3.8) is 0 Å². The average molecular weight is 235 g/mol. The summed E-state index contributed by atoms with van der Waals surface area (Å²) in [7, 11) is 0. The van der Waals surface area contributed by atoms with E-state index in [1.54, 1.807) is 6.20 Å². The largest absolute Gasteiger partial charge is 0.396 e. The molecule has 0 amide bonds. The zero-order valence-corrected chi connectivity index (χ0v) is 9.75. The summed E-state index contributed by atoms with van der Waals surface area (Å²) in [6, 6.07) is 0. The Balaban J connectivity index is 1.90. The highest BCUT2D eigenvalue weighted by atomic mass is 16.3. The molecule has 0 aliphatic carbocycles. The molecule has 0 unspecified atom stereocenters. The van der Waals surface area contributed by atoms with E-state index < -0.39 is 0 Å². The molecule has 5 heteroatoms. The number of piperidine rings is 1. The van der Waals surface area contributed by atoms with Crippen molar-refractivity contribution in [2.75, 3.05) is 26.2 Å². The van der Waals surface area contributed by atoms with Crippen LogP contribution in [0.5, 0.6) is 0 Å². The van der Waals surface area contributed by atoms with Crippen LogP contribution < -0.4 is 0 Å². The van der Waals surface area contributed by atoms with Crippen LogP contribution in [0.3, 0.4) is 0 Å². The lowest BCUT2D eigenvalue weighted by molar-refractivity contribution is 0.0829. The van der Waals surface area contributed by atoms with Crippen LogP contribution in [0.4, 0.5) is 0 Å². The van der Waals surface area contributed by atoms with Gasteiger partial charge >= 0.3 is 0 Å². The maximum Gasteiger partial charge on any atom is 0.196 e. The lowest BCUT2D eigenvalue weighted by Crippen LogP contribution is -2.40. The fourth-order valence-corrected chi connectivity index (χ4v) is 2.17. The Hall–Kier alpha value is -1.33. The van der Waals surface area contributed by atoms with Crippen molar-refractivity contribution in [1.29, 1.82) is 0 Å². The molecule has 0 spiro atoms. The first-order valence-corrected chi connectivity index (χ1v) is 5.92. The van der Waals surface area contributed by atoms with Crippen LogP contribution >= 0.6 is 0 Å². The topological polar surface area (TPSA) is 66.3 Å². The molecule has 0 radical (unpaired) electrons. The molecular formula is C12H17N3O2. The number of Topliss-reactive ketones (excluding diaryl/α,β-unsaturated/α-hetero) is 1. The summed E-state index contributed by atoms with van der Waals surface area (Å²) >= 11 is 0. The Bertz CT molecular complexity index is 369. The monoisotopic (exact) mass is 235 g/mol. The molecule has 1 aromatic heterocycles. The first-order chi connectivity index (χ1) is 8.29. The molecule has 0 saturated carbocycles. The van der Waals surface area contributed by atoms with Crippen LogP contribution in [-0.2, 0) is 0 Å². The standard InChI is InChI=1S/C12H17N3O2/c16-9-10-2-1-5-15(7-10)8-12(17)11-6-13-3-4-14-11/h3-4,6,10,16H,1-2,5,7-9H2/t10-/m0/s1. The van der Waals surface area contributed by atoms with Gasteiger partial charge in [0.15, 0.2) is 5.78 Å². The van der Waals surface area contributed by atoms with Crippen LogP contribution in [0.1, 0.15) is 23.3 Å². The minimum atomic E-state index is -0.00307. The molecular weight excluding hydrogens is 218 g/mol. The van der Waals surface area contributed by atoms with Crippen molar-refractivity contribution >= 4 is 5.78 Å². The van der Waals surface area contributed by atoms with E-state index in [4.69, 9.17) is 5.11 Å². The van der Waals surface area contributed by atoms with E-state index in [1.807, 2.05) is 0 Å². The van der Waals surface area contributed by atoms with E-state index in [9.17, 15) is 4.79 Å². The van der Waals surface area contributed by atoms with Crippen LogP contribution in [0.25, 0.3) is 0 Å². The number of ketones is 1. The molecule has 0 bridgehead atoms. The second kappa shape index (κ2) is 5.84. The minimum Gasteiger partial charge on any atom is -0.396 e. The van der Waals surface area contributed by atoms with Gasteiger partial charge in [0, 0.05) is 25.5 Å². The summed E-state index contributed by atoms with van der Waals surface area (Å²) in [6.07, 6.45) is 6.67. The zero-order chi connectivity index (χ0) is 12.1. The van der Waals surface area contributed by atoms with Crippen molar-refractivity contribution in [3.8, 4) is 0 Å². The fourth-order valence-electron chi connectivity index (χ4n) is 2.17. The summed E-state index contributed by atoms with van der Waals surface area (Å²) in [6.45, 7) is 2.29. The normalized spacial score (nSPS) is 21.4. The molecule has 92 valence electrons. The van der Waals surface area contributed by atoms with E-state index in [0.29, 0.717) is 18.2 Å². The highest BCUT2D eigenvalue weighted by Crippen LogP contribution is 2.15. The molecule has 5 nitrogen and oxygen atoms in total. The molecule has 2 heterocycles. The maximum absolute atomic E-state index is 11.9. The highest BCUT2D eigenvalue weighted by molar-refractivity contribution is 5.95. The predicted octanol–water partition coefficient (Wildman–Crippen LogP) is 0.364. The van der Waals surface area contributed by atoms with Gasteiger partial charge in [-0.3, -0.25) is 14.7 Å². The number of aromatic nitrogens is 2. The first kappa shape index (κ1) is 12.1. The van der Waals surface area contributed by atoms with E-state index in [-0.39, 0.29) is 12.4 Å². The molecule has 1 saturated heterocycles. The van der Waals surface area contributed by atoms with Gasteiger partial charge in [-0.1, -0.05) is 0 Å². The van der Waals surface area contributed by atoms with Crippen molar-refractivity contribution in [2.45, 2.75) is 12.8 Å². The third-order valence-corrected chi connectivity index (χ3v) is 3.08. The molecule has 1 aliphatic heterocycles. The number of hydrogen-bond donors (Lipinski definition) is 1. The Morgan fingerprint density at radius 2 is 2.41 bits per heavy atom. The number of likely N-dealkylation sites (tertiary alicyclic amines) is 1. The second-order valence-corrected chi connectivity index (χ2v) is 4.44. The maximum atomic E-state index is 11.9. The molecule has 1 aliphatic rings. The number of hydrogen-bond acceptors (Lipinski definition) is 5. The SMILES string of the molecule is O=C(CN1CCC[C@H](CO)C1)c1cnccn1. The van der Waals surface area contributed by atoms with Gasteiger partial charge in [-0.2, -0.15) is 0 Å². The van der Waals surface area contributed by atoms with Gasteiger partial charge in [-0.15, -0.1) is 0 Å². The Morgan fingerprint density at radius 3 is 3.12 bits per heavy atom. The van der Waals surface area contributed by atoms with Crippen molar-refractivity contribution in [1.82, 2.24) is 14.9 Å². The van der Waals surface area contributed by atoms with Gasteiger partial charge in [0.25, 0.3) is 0 Å². The summed E-state index contributed by atoms with van der Waals surface area (Å²) < 4.78 is 0. The fraction of sp³-hybridized carbons (Fsp3) is 0.583. The Labute approximate surface area is 100 Å². The molecule has 17 heavy (non-hydrogen) atoms. The molecule has 1 fully saturated rings. The number of carbonyl (C=O) groups excluding carboxylic acids is 1. The lowest BCUT2D eigenvalue weighted by Gasteiger charge is -2.30. The minimum absolute atomic E-state index is 0.00307. The summed E-state index contributed by atoms with van der Waals surface area (Å²) in [4.78, 5) is 21.9. The van der Waals surface area contributed by atoms with E-state index in [1.165, 1.54) is 12.4 Å². The molecule has 1 atom stereocenters. The molecule has 2 rings (SSSR count). The quantitative estimate of drug-likeness (QED) is 0.763. The van der Waals surface area contributed by atoms with Gasteiger partial charge in [0.1, 0.15) is 5.69 Å². The zero-order valence-electron chi connectivity index (χ0n) is 9.75. The van der Waals surface area contributed by atoms with Gasteiger partial charge in [-0.25, -0.2) is 4.98 Å². The third kappa shape index (κ3) is 3.31. The van der Waals surface area contributed by atoms with E-state index >= 15 is 0 Å². The smallest absolute Gasteiger partial charge is 0.196 e. The number of carbonyl (C=O) groups is 1. The van der Waals surface area contributed by atoms with Crippen LogP contribution in [0.2, 0.25) is 0 Å².